The van der Waals surface area contributed by atoms with Crippen molar-refractivity contribution >= 4 is 11.8 Å². The van der Waals surface area contributed by atoms with Crippen molar-refractivity contribution in [1.82, 2.24) is 15.3 Å². The molecule has 0 bridgehead atoms. The van der Waals surface area contributed by atoms with Gasteiger partial charge in [0, 0.05) is 16.6 Å². The van der Waals surface area contributed by atoms with E-state index in [4.69, 9.17) is 0 Å². The van der Waals surface area contributed by atoms with Gasteiger partial charge < -0.3 is 5.32 Å². The van der Waals surface area contributed by atoms with Crippen molar-refractivity contribution in [2.45, 2.75) is 56.0 Å². The van der Waals surface area contributed by atoms with Crippen molar-refractivity contribution < 1.29 is 0 Å². The molecule has 1 aromatic heterocycles. The average molecular weight is 276 g/mol. The van der Waals surface area contributed by atoms with E-state index in [2.05, 4.69) is 28.3 Å². The minimum absolute atomic E-state index is 0.355. The third-order valence-electron chi connectivity index (χ3n) is 4.05. The largest absolute Gasteiger partial charge is 0.302 e. The molecule has 1 N–H and O–H groups in total. The molecule has 1 saturated carbocycles. The molecule has 1 aliphatic rings. The number of nitrogens with one attached hydrogen (secondary N) is 1. The maximum atomic E-state index is 9.27. The lowest BCUT2D eigenvalue weighted by atomic mass is 10.0. The van der Waals surface area contributed by atoms with Gasteiger partial charge in [0.2, 0.25) is 0 Å². The molecular weight excluding hydrogens is 256 g/mol. The highest BCUT2D eigenvalue weighted by Crippen LogP contribution is 2.38. The van der Waals surface area contributed by atoms with E-state index in [1.54, 1.807) is 11.8 Å². The summed E-state index contributed by atoms with van der Waals surface area (Å²) in [6.07, 6.45) is 2.80. The fourth-order valence-corrected chi connectivity index (χ4v) is 3.71. The molecule has 1 aromatic rings. The molecule has 1 heterocycles. The number of rotatable bonds is 3. The Morgan fingerprint density at radius 2 is 1.95 bits per heavy atom. The number of thioether (sulfide) groups is 1. The van der Waals surface area contributed by atoms with Crippen LogP contribution in [-0.4, -0.2) is 27.8 Å². The molecule has 5 heteroatoms. The van der Waals surface area contributed by atoms with Crippen molar-refractivity contribution in [3.8, 4) is 6.07 Å². The molecule has 2 atom stereocenters. The number of nitrogens with zero attached hydrogens (tertiary/aromatic N) is 3. The summed E-state index contributed by atoms with van der Waals surface area (Å²) < 4.78 is 0. The summed E-state index contributed by atoms with van der Waals surface area (Å²) in [6, 6.07) is 2.41. The van der Waals surface area contributed by atoms with Crippen molar-refractivity contribution in [2.24, 2.45) is 0 Å². The van der Waals surface area contributed by atoms with Crippen LogP contribution in [0.3, 0.4) is 0 Å². The van der Waals surface area contributed by atoms with Gasteiger partial charge >= 0.3 is 0 Å². The maximum absolute atomic E-state index is 9.27. The third-order valence-corrected chi connectivity index (χ3v) is 5.18. The van der Waals surface area contributed by atoms with Gasteiger partial charge in [-0.1, -0.05) is 11.8 Å². The maximum Gasteiger partial charge on any atom is 0.188 e. The van der Waals surface area contributed by atoms with E-state index < -0.39 is 0 Å². The molecule has 0 radical (unpaired) electrons. The Hall–Kier alpha value is -1.12. The highest BCUT2D eigenvalue weighted by molar-refractivity contribution is 7.99. The second-order valence-corrected chi connectivity index (χ2v) is 6.50. The van der Waals surface area contributed by atoms with Gasteiger partial charge in [-0.15, -0.1) is 0 Å². The molecule has 0 aliphatic heterocycles. The van der Waals surface area contributed by atoms with Crippen molar-refractivity contribution in [3.05, 3.63) is 17.0 Å². The first-order chi connectivity index (χ1) is 8.99. The van der Waals surface area contributed by atoms with Crippen LogP contribution < -0.4 is 5.32 Å². The van der Waals surface area contributed by atoms with E-state index in [1.807, 2.05) is 20.9 Å². The van der Waals surface area contributed by atoms with Gasteiger partial charge in [0.25, 0.3) is 0 Å². The summed E-state index contributed by atoms with van der Waals surface area (Å²) in [5.74, 6) is 0. The van der Waals surface area contributed by atoms with Crippen LogP contribution in [0.4, 0.5) is 0 Å². The molecule has 0 saturated heterocycles. The van der Waals surface area contributed by atoms with E-state index in [9.17, 15) is 5.26 Å². The molecule has 19 heavy (non-hydrogen) atoms. The molecule has 0 aromatic carbocycles. The first-order valence-corrected chi connectivity index (χ1v) is 7.46. The molecule has 102 valence electrons. The Morgan fingerprint density at radius 1 is 1.32 bits per heavy atom. The lowest BCUT2D eigenvalue weighted by Gasteiger charge is -2.19. The van der Waals surface area contributed by atoms with Gasteiger partial charge in [-0.05, 0) is 52.6 Å². The van der Waals surface area contributed by atoms with Gasteiger partial charge in [0.1, 0.15) is 5.54 Å². The Morgan fingerprint density at radius 3 is 2.42 bits per heavy atom. The van der Waals surface area contributed by atoms with E-state index >= 15 is 0 Å². The van der Waals surface area contributed by atoms with Gasteiger partial charge in [-0.3, -0.25) is 0 Å². The molecule has 0 spiro atoms. The van der Waals surface area contributed by atoms with Gasteiger partial charge in [-0.25, -0.2) is 9.97 Å². The minimum atomic E-state index is -0.355. The second kappa shape index (κ2) is 5.48. The van der Waals surface area contributed by atoms with Crippen LogP contribution in [0.25, 0.3) is 0 Å². The first-order valence-electron chi connectivity index (χ1n) is 6.58. The van der Waals surface area contributed by atoms with Crippen LogP contribution in [0.2, 0.25) is 0 Å². The monoisotopic (exact) mass is 276 g/mol. The number of hydrogen-bond acceptors (Lipinski definition) is 5. The van der Waals surface area contributed by atoms with Crippen LogP contribution in [0.15, 0.2) is 5.16 Å². The van der Waals surface area contributed by atoms with Crippen LogP contribution in [0.1, 0.15) is 36.2 Å². The zero-order chi connectivity index (χ0) is 14.0. The number of nitriles is 1. The smallest absolute Gasteiger partial charge is 0.188 e. The predicted octanol–water partition coefficient (Wildman–Crippen LogP) is 2.53. The zero-order valence-electron chi connectivity index (χ0n) is 11.9. The van der Waals surface area contributed by atoms with Crippen LogP contribution in [0, 0.1) is 32.1 Å². The average Bonchev–Trinajstić information content (AvgIpc) is 2.80. The van der Waals surface area contributed by atoms with Gasteiger partial charge in [0.15, 0.2) is 5.16 Å². The highest BCUT2D eigenvalue weighted by atomic mass is 32.2. The van der Waals surface area contributed by atoms with E-state index in [1.165, 1.54) is 0 Å². The Bertz CT molecular complexity index is 500. The molecule has 0 amide bonds. The summed E-state index contributed by atoms with van der Waals surface area (Å²) in [7, 11) is 1.87. The Kier molecular flexibility index (Phi) is 4.12. The predicted molar refractivity (Wildman–Crippen MR) is 77.1 cm³/mol. The minimum Gasteiger partial charge on any atom is -0.302 e. The van der Waals surface area contributed by atoms with Crippen LogP contribution in [0.5, 0.6) is 0 Å². The Labute approximate surface area is 119 Å². The standard InChI is InChI=1S/C14H20N4S/c1-9-10(2)17-13(18-11(9)3)19-12-5-6-14(7-12,8-15)16-4/h12,16H,5-7H2,1-4H3. The van der Waals surface area contributed by atoms with Crippen molar-refractivity contribution in [1.29, 1.82) is 5.26 Å². The fraction of sp³-hybridized carbons (Fsp3) is 0.643. The fourth-order valence-electron chi connectivity index (χ4n) is 2.43. The lowest BCUT2D eigenvalue weighted by molar-refractivity contribution is 0.464. The van der Waals surface area contributed by atoms with E-state index in [0.29, 0.717) is 5.25 Å². The van der Waals surface area contributed by atoms with Crippen molar-refractivity contribution in [2.75, 3.05) is 7.05 Å². The molecular formula is C14H20N4S. The van der Waals surface area contributed by atoms with Gasteiger partial charge in [-0.2, -0.15) is 5.26 Å². The summed E-state index contributed by atoms with van der Waals surface area (Å²) in [6.45, 7) is 6.10. The zero-order valence-corrected chi connectivity index (χ0v) is 12.8. The lowest BCUT2D eigenvalue weighted by Crippen LogP contribution is -2.38. The van der Waals surface area contributed by atoms with Crippen LogP contribution in [-0.2, 0) is 0 Å². The summed E-state index contributed by atoms with van der Waals surface area (Å²) in [5.41, 5.74) is 2.91. The molecule has 1 aliphatic carbocycles. The topological polar surface area (TPSA) is 61.6 Å². The summed E-state index contributed by atoms with van der Waals surface area (Å²) in [4.78, 5) is 9.09. The molecule has 2 unspecified atom stereocenters. The highest BCUT2D eigenvalue weighted by Gasteiger charge is 2.38. The number of aromatic nitrogens is 2. The third kappa shape index (κ3) is 2.90. The number of hydrogen-bond donors (Lipinski definition) is 1. The SMILES string of the molecule is CNC1(C#N)CCC(Sc2nc(C)c(C)c(C)n2)C1. The van der Waals surface area contributed by atoms with Crippen molar-refractivity contribution in [3.63, 3.8) is 0 Å². The summed E-state index contributed by atoms with van der Waals surface area (Å²) in [5, 5.41) is 13.7. The molecule has 2 rings (SSSR count). The number of aryl methyl sites for hydroxylation is 2. The quantitative estimate of drug-likeness (QED) is 0.860. The molecule has 4 nitrogen and oxygen atoms in total. The van der Waals surface area contributed by atoms with Gasteiger partial charge in [0.05, 0.1) is 6.07 Å². The second-order valence-electron chi connectivity index (χ2n) is 5.23. The Balaban J connectivity index is 2.10. The summed E-state index contributed by atoms with van der Waals surface area (Å²) >= 11 is 1.71. The van der Waals surface area contributed by atoms with E-state index in [0.717, 1.165) is 41.4 Å². The molecule has 1 fully saturated rings. The first kappa shape index (κ1) is 14.3. The van der Waals surface area contributed by atoms with Crippen LogP contribution >= 0.6 is 11.8 Å². The normalized spacial score (nSPS) is 26.4. The van der Waals surface area contributed by atoms with E-state index in [-0.39, 0.29) is 5.54 Å².